The summed E-state index contributed by atoms with van der Waals surface area (Å²) in [6, 6.07) is 4.49. The van der Waals surface area contributed by atoms with Crippen molar-refractivity contribution in [3.63, 3.8) is 0 Å². The Hall–Kier alpha value is -2.77. The van der Waals surface area contributed by atoms with E-state index in [1.165, 1.54) is 27.4 Å². The molecule has 0 bridgehead atoms. The van der Waals surface area contributed by atoms with E-state index in [1.807, 2.05) is 0 Å². The van der Waals surface area contributed by atoms with E-state index in [4.69, 9.17) is 0 Å². The molecule has 0 aliphatic carbocycles. The van der Waals surface area contributed by atoms with E-state index < -0.39 is 28.7 Å². The smallest absolute Gasteiger partial charge is 0.321 e. The minimum atomic E-state index is -4.35. The van der Waals surface area contributed by atoms with Crippen molar-refractivity contribution in [2.75, 3.05) is 38.0 Å². The molecule has 1 aromatic heterocycles. The maximum atomic E-state index is 13.5. The van der Waals surface area contributed by atoms with Crippen LogP contribution in [0.15, 0.2) is 23.1 Å². The van der Waals surface area contributed by atoms with Gasteiger partial charge in [-0.15, -0.1) is 0 Å². The standard InChI is InChI=1S/C19H21F3N6O3S/c1-12-23-16(26-25-12)10-13-17-14(24-18(13)29)4-2-5-15(17)32(30,31)28-7-3-6-27(8-9-28)11-19(20,21)22/h2,4-5,10H,3,6-9,11H2,1H3,(H,24,29)(H,23,25,26). The lowest BCUT2D eigenvalue weighted by atomic mass is 10.1. The molecule has 2 aliphatic heterocycles. The van der Waals surface area contributed by atoms with Crippen LogP contribution in [0.3, 0.4) is 0 Å². The van der Waals surface area contributed by atoms with E-state index in [2.05, 4.69) is 20.5 Å². The highest BCUT2D eigenvalue weighted by molar-refractivity contribution is 7.89. The van der Waals surface area contributed by atoms with Gasteiger partial charge in [-0.05, 0) is 38.1 Å². The second-order valence-corrected chi connectivity index (χ2v) is 9.53. The van der Waals surface area contributed by atoms with Gasteiger partial charge in [0.25, 0.3) is 5.91 Å². The molecule has 3 heterocycles. The first-order valence-corrected chi connectivity index (χ1v) is 11.3. The topological polar surface area (TPSA) is 111 Å². The first-order chi connectivity index (χ1) is 15.0. The van der Waals surface area contributed by atoms with Gasteiger partial charge in [0.05, 0.1) is 22.7 Å². The lowest BCUT2D eigenvalue weighted by molar-refractivity contribution is -0.145. The Bertz CT molecular complexity index is 1180. The highest BCUT2D eigenvalue weighted by Gasteiger charge is 2.37. The first-order valence-electron chi connectivity index (χ1n) is 9.89. The molecular formula is C19H21F3N6O3S. The molecule has 0 spiro atoms. The van der Waals surface area contributed by atoms with Crippen molar-refractivity contribution in [2.45, 2.75) is 24.4 Å². The molecule has 1 amide bonds. The number of rotatable bonds is 4. The summed E-state index contributed by atoms with van der Waals surface area (Å²) in [5.41, 5.74) is 0.645. The first kappa shape index (κ1) is 22.4. The molecular weight excluding hydrogens is 449 g/mol. The summed E-state index contributed by atoms with van der Waals surface area (Å²) in [5, 5.41) is 9.27. The number of aromatic nitrogens is 3. The molecule has 1 aromatic carbocycles. The zero-order valence-electron chi connectivity index (χ0n) is 17.1. The van der Waals surface area contributed by atoms with Gasteiger partial charge >= 0.3 is 6.18 Å². The second-order valence-electron chi connectivity index (χ2n) is 7.62. The third kappa shape index (κ3) is 4.54. The maximum absolute atomic E-state index is 13.5. The number of benzene rings is 1. The van der Waals surface area contributed by atoms with Crippen molar-refractivity contribution < 1.29 is 26.4 Å². The lowest BCUT2D eigenvalue weighted by Gasteiger charge is -2.23. The molecule has 9 nitrogen and oxygen atoms in total. The molecule has 4 rings (SSSR count). The maximum Gasteiger partial charge on any atom is 0.401 e. The molecule has 2 aromatic rings. The van der Waals surface area contributed by atoms with E-state index in [1.54, 1.807) is 13.0 Å². The van der Waals surface area contributed by atoms with Crippen LogP contribution in [0.25, 0.3) is 11.6 Å². The van der Waals surface area contributed by atoms with E-state index in [0.717, 1.165) is 0 Å². The molecule has 2 N–H and O–H groups in total. The molecule has 0 saturated carbocycles. The molecule has 1 fully saturated rings. The normalized spacial score (nSPS) is 19.8. The fraction of sp³-hybridized carbons (Fsp3) is 0.421. The number of nitrogens with zero attached hydrogens (tertiary/aromatic N) is 4. The number of alkyl halides is 3. The van der Waals surface area contributed by atoms with Crippen molar-refractivity contribution in [1.29, 1.82) is 0 Å². The summed E-state index contributed by atoms with van der Waals surface area (Å²) in [4.78, 5) is 17.8. The second kappa shape index (κ2) is 8.30. The molecule has 1 saturated heterocycles. The zero-order chi connectivity index (χ0) is 23.1. The lowest BCUT2D eigenvalue weighted by Crippen LogP contribution is -2.38. The van der Waals surface area contributed by atoms with E-state index >= 15 is 0 Å². The Morgan fingerprint density at radius 2 is 1.97 bits per heavy atom. The highest BCUT2D eigenvalue weighted by Crippen LogP contribution is 2.38. The minimum Gasteiger partial charge on any atom is -0.321 e. The average molecular weight is 470 g/mol. The number of carbonyl (C=O) groups excluding carboxylic acids is 1. The Morgan fingerprint density at radius 1 is 1.19 bits per heavy atom. The number of nitrogens with one attached hydrogen (secondary N) is 2. The Morgan fingerprint density at radius 3 is 2.66 bits per heavy atom. The number of aromatic amines is 1. The van der Waals surface area contributed by atoms with Crippen molar-refractivity contribution in [2.24, 2.45) is 0 Å². The minimum absolute atomic E-state index is 0.0376. The van der Waals surface area contributed by atoms with E-state index in [9.17, 15) is 26.4 Å². The van der Waals surface area contributed by atoms with Crippen molar-refractivity contribution in [3.8, 4) is 0 Å². The van der Waals surface area contributed by atoms with Crippen LogP contribution in [0.1, 0.15) is 23.6 Å². The Balaban J connectivity index is 1.67. The SMILES string of the molecule is Cc1nc(C=C2C(=O)Nc3cccc(S(=O)(=O)N4CCCN(CC(F)(F)F)CC4)c32)n[nH]1. The van der Waals surface area contributed by atoms with Crippen LogP contribution in [0.5, 0.6) is 0 Å². The Labute approximate surface area is 182 Å². The van der Waals surface area contributed by atoms with Crippen molar-refractivity contribution in [1.82, 2.24) is 24.4 Å². The largest absolute Gasteiger partial charge is 0.401 e. The quantitative estimate of drug-likeness (QED) is 0.660. The van der Waals surface area contributed by atoms with Crippen LogP contribution < -0.4 is 5.32 Å². The van der Waals surface area contributed by atoms with Crippen molar-refractivity contribution >= 4 is 33.3 Å². The molecule has 13 heteroatoms. The number of hydrogen-bond donors (Lipinski definition) is 2. The predicted molar refractivity (Wildman–Crippen MR) is 110 cm³/mol. The van der Waals surface area contributed by atoms with Gasteiger partial charge in [0.1, 0.15) is 5.82 Å². The third-order valence-electron chi connectivity index (χ3n) is 5.24. The molecule has 0 unspecified atom stereocenters. The predicted octanol–water partition coefficient (Wildman–Crippen LogP) is 1.86. The fourth-order valence-electron chi connectivity index (χ4n) is 3.86. The van der Waals surface area contributed by atoms with Crippen LogP contribution in [-0.2, 0) is 14.8 Å². The van der Waals surface area contributed by atoms with Crippen LogP contribution >= 0.6 is 0 Å². The number of anilines is 1. The fourth-order valence-corrected chi connectivity index (χ4v) is 5.56. The van der Waals surface area contributed by atoms with E-state index in [-0.39, 0.29) is 54.5 Å². The molecule has 32 heavy (non-hydrogen) atoms. The van der Waals surface area contributed by atoms with Gasteiger partial charge in [0.15, 0.2) is 5.82 Å². The van der Waals surface area contributed by atoms with Crippen LogP contribution in [-0.4, -0.2) is 77.6 Å². The monoisotopic (exact) mass is 470 g/mol. The van der Waals surface area contributed by atoms with Gasteiger partial charge in [-0.3, -0.25) is 14.8 Å². The van der Waals surface area contributed by atoms with Gasteiger partial charge in [-0.2, -0.15) is 22.6 Å². The number of hydrogen-bond acceptors (Lipinski definition) is 6. The van der Waals surface area contributed by atoms with Crippen molar-refractivity contribution in [3.05, 3.63) is 35.4 Å². The summed E-state index contributed by atoms with van der Waals surface area (Å²) in [6.45, 7) is 0.722. The van der Waals surface area contributed by atoms with Crippen LogP contribution in [0.2, 0.25) is 0 Å². The Kier molecular flexibility index (Phi) is 5.81. The highest BCUT2D eigenvalue weighted by atomic mass is 32.2. The number of sulfonamides is 1. The summed E-state index contributed by atoms with van der Waals surface area (Å²) in [7, 11) is -4.08. The average Bonchev–Trinajstić information content (AvgIpc) is 3.15. The molecule has 0 radical (unpaired) electrons. The summed E-state index contributed by atoms with van der Waals surface area (Å²) in [5.74, 6) is 0.270. The molecule has 2 aliphatic rings. The van der Waals surface area contributed by atoms with Gasteiger partial charge in [-0.1, -0.05) is 6.07 Å². The molecule has 0 atom stereocenters. The summed E-state index contributed by atoms with van der Waals surface area (Å²) >= 11 is 0. The van der Waals surface area contributed by atoms with Crippen LogP contribution in [0, 0.1) is 6.92 Å². The van der Waals surface area contributed by atoms with Gasteiger partial charge in [0, 0.05) is 25.2 Å². The molecule has 172 valence electrons. The van der Waals surface area contributed by atoms with Gasteiger partial charge < -0.3 is 5.32 Å². The zero-order valence-corrected chi connectivity index (χ0v) is 17.9. The van der Waals surface area contributed by atoms with Crippen LogP contribution in [0.4, 0.5) is 18.9 Å². The number of aryl methyl sites for hydroxylation is 1. The number of H-pyrrole nitrogens is 1. The van der Waals surface area contributed by atoms with E-state index in [0.29, 0.717) is 11.5 Å². The number of fused-ring (bicyclic) bond motifs is 1. The number of carbonyl (C=O) groups is 1. The number of halogens is 3. The summed E-state index contributed by atoms with van der Waals surface area (Å²) in [6.07, 6.45) is -2.68. The van der Waals surface area contributed by atoms with Gasteiger partial charge in [0.2, 0.25) is 10.0 Å². The summed E-state index contributed by atoms with van der Waals surface area (Å²) < 4.78 is 66.4. The number of amides is 1. The third-order valence-corrected chi connectivity index (χ3v) is 7.19. The van der Waals surface area contributed by atoms with Gasteiger partial charge in [-0.25, -0.2) is 13.4 Å².